The van der Waals surface area contributed by atoms with Gasteiger partial charge in [-0.2, -0.15) is 5.10 Å². The second kappa shape index (κ2) is 8.45. The predicted octanol–water partition coefficient (Wildman–Crippen LogP) is 5.61. The highest BCUT2D eigenvalue weighted by atomic mass is 19.1. The number of hydrogen-bond acceptors (Lipinski definition) is 3. The van der Waals surface area contributed by atoms with Crippen LogP contribution in [0.15, 0.2) is 42.6 Å². The maximum absolute atomic E-state index is 13.6. The van der Waals surface area contributed by atoms with Gasteiger partial charge >= 0.3 is 6.09 Å². The highest BCUT2D eigenvalue weighted by Gasteiger charge is 2.38. The lowest BCUT2D eigenvalue weighted by Crippen LogP contribution is -2.47. The summed E-state index contributed by atoms with van der Waals surface area (Å²) < 4.78 is 22.3. The number of ether oxygens (including phenoxy) is 1. The van der Waals surface area contributed by atoms with Gasteiger partial charge in [-0.3, -0.25) is 4.68 Å². The van der Waals surface area contributed by atoms with Crippen molar-refractivity contribution in [1.29, 1.82) is 0 Å². The van der Waals surface area contributed by atoms with E-state index in [0.717, 1.165) is 34.9 Å². The Morgan fingerprint density at radius 3 is 2.58 bits per heavy atom. The number of likely N-dealkylation sites (tertiary alicyclic amines) is 1. The number of aromatic nitrogens is 2. The molecule has 3 aromatic rings. The van der Waals surface area contributed by atoms with E-state index in [-0.39, 0.29) is 17.3 Å². The first kappa shape index (κ1) is 21.9. The van der Waals surface area contributed by atoms with Crippen LogP contribution in [-0.4, -0.2) is 45.6 Å². The number of carbonyl (C=O) groups is 1. The van der Waals surface area contributed by atoms with Crippen LogP contribution in [0.5, 0.6) is 0 Å². The molecule has 1 aliphatic heterocycles. The number of nitrogens with zero attached hydrogens (tertiary/aromatic N) is 3. The van der Waals surface area contributed by atoms with E-state index in [1.807, 2.05) is 18.3 Å². The maximum atomic E-state index is 13.6. The molecular weight excluding hydrogens is 421 g/mol. The quantitative estimate of drug-likeness (QED) is 0.529. The van der Waals surface area contributed by atoms with Crippen molar-refractivity contribution in [2.75, 3.05) is 19.7 Å². The number of fused-ring (bicyclic) bond motifs is 1. The number of aryl methyl sites for hydroxylation is 1. The van der Waals surface area contributed by atoms with Crippen LogP contribution in [0.3, 0.4) is 0 Å². The molecular formula is C26H30FN3O3. The highest BCUT2D eigenvalue weighted by molar-refractivity contribution is 5.83. The smallest absolute Gasteiger partial charge is 0.407 e. The minimum Gasteiger partial charge on any atom is -0.465 e. The van der Waals surface area contributed by atoms with Crippen molar-refractivity contribution in [1.82, 2.24) is 14.7 Å². The largest absolute Gasteiger partial charge is 0.465 e. The number of benzene rings is 2. The van der Waals surface area contributed by atoms with Gasteiger partial charge in [0.2, 0.25) is 0 Å². The number of hydrogen-bond donors (Lipinski definition) is 1. The monoisotopic (exact) mass is 451 g/mol. The van der Waals surface area contributed by atoms with Gasteiger partial charge in [0.1, 0.15) is 5.82 Å². The molecule has 1 aliphatic carbocycles. The van der Waals surface area contributed by atoms with E-state index in [2.05, 4.69) is 35.8 Å². The van der Waals surface area contributed by atoms with E-state index in [4.69, 9.17) is 4.74 Å². The zero-order valence-electron chi connectivity index (χ0n) is 19.1. The summed E-state index contributed by atoms with van der Waals surface area (Å²) in [6.07, 6.45) is 4.49. The summed E-state index contributed by atoms with van der Waals surface area (Å²) in [4.78, 5) is 12.9. The molecule has 1 N–H and O–H groups in total. The molecule has 0 radical (unpaired) electrons. The van der Waals surface area contributed by atoms with E-state index < -0.39 is 6.09 Å². The number of halogens is 1. The van der Waals surface area contributed by atoms with Crippen LogP contribution in [0.2, 0.25) is 0 Å². The zero-order chi connectivity index (χ0) is 23.2. The third kappa shape index (κ3) is 4.22. The summed E-state index contributed by atoms with van der Waals surface area (Å²) in [6.45, 7) is 5.48. The van der Waals surface area contributed by atoms with Gasteiger partial charge in [-0.05, 0) is 68.9 Å². The second-order valence-corrected chi connectivity index (χ2v) is 9.62. The summed E-state index contributed by atoms with van der Waals surface area (Å²) in [7, 11) is 0. The third-order valence-corrected chi connectivity index (χ3v) is 7.25. The molecule has 0 bridgehead atoms. The van der Waals surface area contributed by atoms with Crippen molar-refractivity contribution < 1.29 is 19.0 Å². The molecule has 1 unspecified atom stereocenters. The average molecular weight is 452 g/mol. The Balaban J connectivity index is 1.42. The van der Waals surface area contributed by atoms with E-state index in [9.17, 15) is 14.3 Å². The van der Waals surface area contributed by atoms with Crippen LogP contribution in [0.25, 0.3) is 10.9 Å². The molecule has 2 fully saturated rings. The van der Waals surface area contributed by atoms with Gasteiger partial charge in [0, 0.05) is 29.5 Å². The van der Waals surface area contributed by atoms with E-state index in [0.29, 0.717) is 38.6 Å². The Morgan fingerprint density at radius 1 is 1.24 bits per heavy atom. The van der Waals surface area contributed by atoms with Crippen LogP contribution >= 0.6 is 0 Å². The normalized spacial score (nSPS) is 19.1. The molecule has 1 aromatic heterocycles. The standard InChI is InChI=1S/C26H30FN3O3/c1-17-13-19-15-28-30(22-7-8-22)24(19)23(14-17)18(2)33-16-26(20-3-5-21(27)6-4-20)9-11-29(12-10-26)25(31)32/h3-6,13-15,18,22H,7-12,16H2,1-2H3,(H,31,32). The Bertz CT molecular complexity index is 1160. The van der Waals surface area contributed by atoms with Gasteiger partial charge in [-0.25, -0.2) is 9.18 Å². The molecule has 1 amide bonds. The summed E-state index contributed by atoms with van der Waals surface area (Å²) in [6, 6.07) is 11.4. The van der Waals surface area contributed by atoms with Gasteiger partial charge in [0.15, 0.2) is 0 Å². The number of carboxylic acid groups (broad SMARTS) is 1. The van der Waals surface area contributed by atoms with Crippen molar-refractivity contribution in [3.8, 4) is 0 Å². The SMILES string of the molecule is Cc1cc(C(C)OCC2(c3ccc(F)cc3)CCN(C(=O)O)CC2)c2c(cnn2C2CC2)c1. The molecule has 2 heterocycles. The van der Waals surface area contributed by atoms with E-state index in [1.165, 1.54) is 22.6 Å². The highest BCUT2D eigenvalue weighted by Crippen LogP contribution is 2.41. The fourth-order valence-corrected chi connectivity index (χ4v) is 5.11. The third-order valence-electron chi connectivity index (χ3n) is 7.25. The Hall–Kier alpha value is -2.93. The zero-order valence-corrected chi connectivity index (χ0v) is 19.1. The Morgan fingerprint density at radius 2 is 1.94 bits per heavy atom. The molecule has 1 atom stereocenters. The molecule has 0 spiro atoms. The molecule has 7 heteroatoms. The number of piperidine rings is 1. The van der Waals surface area contributed by atoms with Crippen LogP contribution in [0.4, 0.5) is 9.18 Å². The lowest BCUT2D eigenvalue weighted by molar-refractivity contribution is 0.00547. The Labute approximate surface area is 193 Å². The van der Waals surface area contributed by atoms with Gasteiger partial charge < -0.3 is 14.7 Å². The average Bonchev–Trinajstić information content (AvgIpc) is 3.57. The first-order valence-corrected chi connectivity index (χ1v) is 11.7. The molecule has 5 rings (SSSR count). The lowest BCUT2D eigenvalue weighted by Gasteiger charge is -2.41. The predicted molar refractivity (Wildman–Crippen MR) is 124 cm³/mol. The minimum absolute atomic E-state index is 0.156. The topological polar surface area (TPSA) is 67.6 Å². The summed E-state index contributed by atoms with van der Waals surface area (Å²) >= 11 is 0. The van der Waals surface area contributed by atoms with Crippen molar-refractivity contribution in [3.05, 3.63) is 65.1 Å². The molecule has 6 nitrogen and oxygen atoms in total. The minimum atomic E-state index is -0.896. The van der Waals surface area contributed by atoms with Crippen molar-refractivity contribution in [2.24, 2.45) is 0 Å². The van der Waals surface area contributed by atoms with E-state index in [1.54, 1.807) is 0 Å². The fraction of sp³-hybridized carbons (Fsp3) is 0.462. The molecule has 174 valence electrons. The van der Waals surface area contributed by atoms with Crippen LogP contribution in [0.1, 0.15) is 61.4 Å². The lowest BCUT2D eigenvalue weighted by atomic mass is 9.73. The van der Waals surface area contributed by atoms with E-state index >= 15 is 0 Å². The number of amides is 1. The van der Waals surface area contributed by atoms with Gasteiger partial charge in [0.05, 0.1) is 30.5 Å². The molecule has 1 saturated carbocycles. The maximum Gasteiger partial charge on any atom is 0.407 e. The van der Waals surface area contributed by atoms with Crippen LogP contribution < -0.4 is 0 Å². The second-order valence-electron chi connectivity index (χ2n) is 9.62. The Kier molecular flexibility index (Phi) is 5.60. The first-order valence-electron chi connectivity index (χ1n) is 11.7. The molecule has 1 saturated heterocycles. The van der Waals surface area contributed by atoms with Gasteiger partial charge in [-0.1, -0.05) is 18.2 Å². The fourth-order valence-electron chi connectivity index (χ4n) is 5.11. The molecule has 33 heavy (non-hydrogen) atoms. The van der Waals surface area contributed by atoms with Crippen molar-refractivity contribution in [2.45, 2.75) is 57.1 Å². The summed E-state index contributed by atoms with van der Waals surface area (Å²) in [5.41, 5.74) is 4.09. The van der Waals surface area contributed by atoms with Crippen LogP contribution in [0, 0.1) is 12.7 Å². The van der Waals surface area contributed by atoms with Crippen molar-refractivity contribution in [3.63, 3.8) is 0 Å². The van der Waals surface area contributed by atoms with Gasteiger partial charge in [0.25, 0.3) is 0 Å². The van der Waals surface area contributed by atoms with Gasteiger partial charge in [-0.15, -0.1) is 0 Å². The van der Waals surface area contributed by atoms with Crippen molar-refractivity contribution >= 4 is 17.0 Å². The van der Waals surface area contributed by atoms with Crippen LogP contribution in [-0.2, 0) is 10.2 Å². The molecule has 2 aliphatic rings. The summed E-state index contributed by atoms with van der Waals surface area (Å²) in [5, 5.41) is 15.2. The molecule has 2 aromatic carbocycles. The first-order chi connectivity index (χ1) is 15.9. The number of rotatable bonds is 6. The summed E-state index contributed by atoms with van der Waals surface area (Å²) in [5.74, 6) is -0.276.